The topological polar surface area (TPSA) is 26.3 Å². The zero-order valence-corrected chi connectivity index (χ0v) is 8.17. The first-order valence-corrected chi connectivity index (χ1v) is 4.65. The van der Waals surface area contributed by atoms with Crippen molar-refractivity contribution >= 4 is 17.7 Å². The summed E-state index contributed by atoms with van der Waals surface area (Å²) in [6.07, 6.45) is -4.16. The molecule has 0 radical (unpaired) electrons. The minimum Gasteiger partial charge on any atom is -0.469 e. The van der Waals surface area contributed by atoms with Crippen molar-refractivity contribution in [3.05, 3.63) is 0 Å². The van der Waals surface area contributed by atoms with E-state index in [1.54, 1.807) is 6.92 Å². The molecular formula is C7H11F3O2S. The molecule has 0 N–H and O–H groups in total. The van der Waals surface area contributed by atoms with Gasteiger partial charge in [0.05, 0.1) is 19.3 Å². The van der Waals surface area contributed by atoms with Crippen LogP contribution in [0.5, 0.6) is 0 Å². The molecule has 1 unspecified atom stereocenters. The molecular weight excluding hydrogens is 205 g/mol. The van der Waals surface area contributed by atoms with Crippen LogP contribution in [0, 0.1) is 0 Å². The predicted octanol–water partition coefficient (Wildman–Crippen LogP) is 2.23. The molecule has 0 amide bonds. The summed E-state index contributed by atoms with van der Waals surface area (Å²) in [5.41, 5.74) is 0. The lowest BCUT2D eigenvalue weighted by Gasteiger charge is -2.11. The number of esters is 1. The number of methoxy groups -OCH3 is 1. The second-order valence-electron chi connectivity index (χ2n) is 2.52. The minimum atomic E-state index is -4.17. The first kappa shape index (κ1) is 12.6. The number of rotatable bonds is 4. The van der Waals surface area contributed by atoms with E-state index in [9.17, 15) is 18.0 Å². The number of thioether (sulfide) groups is 1. The van der Waals surface area contributed by atoms with Gasteiger partial charge in [-0.15, -0.1) is 11.8 Å². The highest BCUT2D eigenvalue weighted by Gasteiger charge is 2.28. The molecule has 6 heteroatoms. The summed E-state index contributed by atoms with van der Waals surface area (Å²) in [5.74, 6) is -1.41. The molecule has 2 nitrogen and oxygen atoms in total. The van der Waals surface area contributed by atoms with Crippen LogP contribution in [-0.4, -0.2) is 30.3 Å². The Balaban J connectivity index is 3.63. The summed E-state index contributed by atoms with van der Waals surface area (Å²) in [5, 5.41) is -0.367. The molecule has 78 valence electrons. The lowest BCUT2D eigenvalue weighted by atomic mass is 10.3. The maximum atomic E-state index is 11.7. The van der Waals surface area contributed by atoms with E-state index in [0.717, 1.165) is 0 Å². The number of ether oxygens (including phenoxy) is 1. The van der Waals surface area contributed by atoms with Crippen LogP contribution in [0.15, 0.2) is 0 Å². The van der Waals surface area contributed by atoms with Gasteiger partial charge in [0.2, 0.25) is 0 Å². The molecule has 0 saturated heterocycles. The fourth-order valence-corrected chi connectivity index (χ4v) is 1.34. The highest BCUT2D eigenvalue weighted by Crippen LogP contribution is 2.25. The molecule has 0 spiro atoms. The summed E-state index contributed by atoms with van der Waals surface area (Å²) in [6, 6.07) is 0. The predicted molar refractivity (Wildman–Crippen MR) is 44.6 cm³/mol. The first-order chi connectivity index (χ1) is 5.85. The Bertz CT molecular complexity index is 170. The van der Waals surface area contributed by atoms with Gasteiger partial charge in [-0.2, -0.15) is 13.2 Å². The molecule has 13 heavy (non-hydrogen) atoms. The van der Waals surface area contributed by atoms with Crippen LogP contribution in [0.3, 0.4) is 0 Å². The fraction of sp³-hybridized carbons (Fsp3) is 0.857. The van der Waals surface area contributed by atoms with Gasteiger partial charge in [0.25, 0.3) is 0 Å². The van der Waals surface area contributed by atoms with Crippen LogP contribution in [0.4, 0.5) is 13.2 Å². The van der Waals surface area contributed by atoms with Crippen LogP contribution in [-0.2, 0) is 9.53 Å². The molecule has 0 saturated carbocycles. The Hall–Kier alpha value is -0.390. The van der Waals surface area contributed by atoms with Crippen molar-refractivity contribution in [1.82, 2.24) is 0 Å². The summed E-state index contributed by atoms with van der Waals surface area (Å²) in [6.45, 7) is 1.56. The van der Waals surface area contributed by atoms with Gasteiger partial charge in [-0.1, -0.05) is 6.92 Å². The zero-order valence-electron chi connectivity index (χ0n) is 7.35. The maximum Gasteiger partial charge on any atom is 0.397 e. The quantitative estimate of drug-likeness (QED) is 0.674. The molecule has 0 aromatic heterocycles. The average molecular weight is 216 g/mol. The third-order valence-electron chi connectivity index (χ3n) is 1.21. The zero-order chi connectivity index (χ0) is 10.5. The highest BCUT2D eigenvalue weighted by molar-refractivity contribution is 7.99. The molecule has 0 rings (SSSR count). The second-order valence-corrected chi connectivity index (χ2v) is 3.94. The third kappa shape index (κ3) is 7.95. The van der Waals surface area contributed by atoms with E-state index in [0.29, 0.717) is 11.8 Å². The number of hydrogen-bond donors (Lipinski definition) is 0. The van der Waals surface area contributed by atoms with Gasteiger partial charge in [0.1, 0.15) is 0 Å². The molecule has 0 aliphatic heterocycles. The monoisotopic (exact) mass is 216 g/mol. The van der Waals surface area contributed by atoms with Gasteiger partial charge < -0.3 is 4.74 Å². The van der Waals surface area contributed by atoms with E-state index < -0.39 is 17.9 Å². The van der Waals surface area contributed by atoms with Crippen molar-refractivity contribution in [2.45, 2.75) is 24.8 Å². The van der Waals surface area contributed by atoms with E-state index in [-0.39, 0.29) is 11.7 Å². The molecule has 0 aliphatic rings. The molecule has 0 aliphatic carbocycles. The van der Waals surface area contributed by atoms with E-state index in [1.165, 1.54) is 7.11 Å². The Morgan fingerprint density at radius 2 is 2.08 bits per heavy atom. The minimum absolute atomic E-state index is 0.0112. The molecule has 0 aromatic carbocycles. The first-order valence-electron chi connectivity index (χ1n) is 3.60. The lowest BCUT2D eigenvalue weighted by Crippen LogP contribution is -2.16. The lowest BCUT2D eigenvalue weighted by molar-refractivity contribution is -0.140. The number of alkyl halides is 3. The summed E-state index contributed by atoms with van der Waals surface area (Å²) in [4.78, 5) is 10.6. The standard InChI is InChI=1S/C7H11F3O2S/c1-5(3-6(11)12-2)13-4-7(8,9)10/h5H,3-4H2,1-2H3. The maximum absolute atomic E-state index is 11.7. The Kier molecular flexibility index (Phi) is 5.20. The van der Waals surface area contributed by atoms with Gasteiger partial charge in [-0.25, -0.2) is 0 Å². The normalized spacial score (nSPS) is 13.9. The van der Waals surface area contributed by atoms with Gasteiger partial charge in [-0.3, -0.25) is 4.79 Å². The summed E-state index contributed by atoms with van der Waals surface area (Å²) < 4.78 is 39.4. The van der Waals surface area contributed by atoms with E-state index >= 15 is 0 Å². The van der Waals surface area contributed by atoms with Gasteiger partial charge >= 0.3 is 12.1 Å². The Morgan fingerprint density at radius 3 is 2.46 bits per heavy atom. The van der Waals surface area contributed by atoms with Gasteiger partial charge in [-0.05, 0) is 0 Å². The number of carbonyl (C=O) groups excluding carboxylic acids is 1. The largest absolute Gasteiger partial charge is 0.469 e. The van der Waals surface area contributed by atoms with Gasteiger partial charge in [0.15, 0.2) is 0 Å². The Labute approximate surface area is 78.8 Å². The number of carbonyl (C=O) groups is 1. The van der Waals surface area contributed by atoms with Crippen LogP contribution in [0.25, 0.3) is 0 Å². The van der Waals surface area contributed by atoms with Gasteiger partial charge in [0, 0.05) is 5.25 Å². The van der Waals surface area contributed by atoms with Crippen LogP contribution in [0.2, 0.25) is 0 Å². The van der Waals surface area contributed by atoms with E-state index in [2.05, 4.69) is 4.74 Å². The van der Waals surface area contributed by atoms with Crippen molar-refractivity contribution in [1.29, 1.82) is 0 Å². The van der Waals surface area contributed by atoms with Crippen LogP contribution >= 0.6 is 11.8 Å². The molecule has 0 aromatic rings. The second kappa shape index (κ2) is 5.36. The molecule has 1 atom stereocenters. The van der Waals surface area contributed by atoms with Crippen molar-refractivity contribution in [3.63, 3.8) is 0 Å². The average Bonchev–Trinajstić information content (AvgIpc) is 1.99. The number of halogens is 3. The van der Waals surface area contributed by atoms with Crippen LogP contribution in [0.1, 0.15) is 13.3 Å². The SMILES string of the molecule is COC(=O)CC(C)SCC(F)(F)F. The summed E-state index contributed by atoms with van der Waals surface area (Å²) in [7, 11) is 1.21. The van der Waals surface area contributed by atoms with Crippen molar-refractivity contribution in [2.24, 2.45) is 0 Å². The van der Waals surface area contributed by atoms with Crippen molar-refractivity contribution in [2.75, 3.05) is 12.9 Å². The van der Waals surface area contributed by atoms with Crippen LogP contribution < -0.4 is 0 Å². The fourth-order valence-electron chi connectivity index (χ4n) is 0.614. The Morgan fingerprint density at radius 1 is 1.54 bits per heavy atom. The summed E-state index contributed by atoms with van der Waals surface area (Å²) >= 11 is 0.701. The smallest absolute Gasteiger partial charge is 0.397 e. The molecule has 0 fully saturated rings. The van der Waals surface area contributed by atoms with Crippen molar-refractivity contribution < 1.29 is 22.7 Å². The van der Waals surface area contributed by atoms with E-state index in [4.69, 9.17) is 0 Å². The molecule has 0 bridgehead atoms. The number of hydrogen-bond acceptors (Lipinski definition) is 3. The third-order valence-corrected chi connectivity index (χ3v) is 2.44. The van der Waals surface area contributed by atoms with Crippen molar-refractivity contribution in [3.8, 4) is 0 Å². The van der Waals surface area contributed by atoms with E-state index in [1.807, 2.05) is 0 Å². The highest BCUT2D eigenvalue weighted by atomic mass is 32.2. The molecule has 0 heterocycles.